The number of hydrogen-bond acceptors (Lipinski definition) is 7. The zero-order valence-electron chi connectivity index (χ0n) is 18.8. The van der Waals surface area contributed by atoms with E-state index in [1.807, 2.05) is 12.1 Å². The van der Waals surface area contributed by atoms with Crippen molar-refractivity contribution in [2.24, 2.45) is 0 Å². The molecule has 172 valence electrons. The number of nitrogens with zero attached hydrogens (tertiary/aromatic N) is 1. The van der Waals surface area contributed by atoms with Gasteiger partial charge in [-0.3, -0.25) is 4.79 Å². The summed E-state index contributed by atoms with van der Waals surface area (Å²) in [5, 5.41) is 2.75. The zero-order chi connectivity index (χ0) is 23.3. The van der Waals surface area contributed by atoms with Crippen molar-refractivity contribution in [3.8, 4) is 0 Å². The maximum atomic E-state index is 12.6. The molecule has 2 N–H and O–H groups in total. The van der Waals surface area contributed by atoms with Crippen LogP contribution in [0.3, 0.4) is 0 Å². The van der Waals surface area contributed by atoms with Crippen molar-refractivity contribution in [3.05, 3.63) is 46.8 Å². The minimum Gasteiger partial charge on any atom is -0.462 e. The number of esters is 2. The highest BCUT2D eigenvalue weighted by atomic mass is 16.5. The van der Waals surface area contributed by atoms with Crippen molar-refractivity contribution in [3.63, 3.8) is 0 Å². The van der Waals surface area contributed by atoms with Crippen LogP contribution in [0.1, 0.15) is 46.0 Å². The monoisotopic (exact) mass is 443 g/mol. The average Bonchev–Trinajstić information content (AvgIpc) is 3.09. The quantitative estimate of drug-likeness (QED) is 0.633. The molecular formula is C23H29N3O6. The molecule has 1 amide bonds. The zero-order valence-corrected chi connectivity index (χ0v) is 18.8. The van der Waals surface area contributed by atoms with E-state index in [9.17, 15) is 14.4 Å². The predicted octanol–water partition coefficient (Wildman–Crippen LogP) is 2.83. The number of carbonyl (C=O) groups excluding carboxylic acids is 3. The number of aromatic nitrogens is 1. The van der Waals surface area contributed by atoms with E-state index in [-0.39, 0.29) is 12.3 Å². The standard InChI is InChI=1S/C23H29N3O6/c1-5-31-22(28)19-14(2)20(24-15(19)3)23(29)32-16(4)21(27)25-17-6-8-18(9-7-17)26-10-12-30-13-11-26/h6-9,16,24H,5,10-13H2,1-4H3,(H,25,27)/t16-/m1/s1. The van der Waals surface area contributed by atoms with Crippen molar-refractivity contribution in [2.75, 3.05) is 43.1 Å². The molecule has 0 unspecified atom stereocenters. The first-order valence-electron chi connectivity index (χ1n) is 10.6. The molecular weight excluding hydrogens is 414 g/mol. The Hall–Kier alpha value is -3.33. The number of aromatic amines is 1. The second-order valence-corrected chi connectivity index (χ2v) is 7.53. The summed E-state index contributed by atoms with van der Waals surface area (Å²) >= 11 is 0. The van der Waals surface area contributed by atoms with Gasteiger partial charge in [0.25, 0.3) is 5.91 Å². The lowest BCUT2D eigenvalue weighted by Gasteiger charge is -2.28. The molecule has 1 aromatic carbocycles. The molecule has 1 aliphatic heterocycles. The Labute approximate surface area is 187 Å². The van der Waals surface area contributed by atoms with E-state index in [2.05, 4.69) is 15.2 Å². The summed E-state index contributed by atoms with van der Waals surface area (Å²) < 4.78 is 15.7. The van der Waals surface area contributed by atoms with Gasteiger partial charge in [-0.05, 0) is 57.5 Å². The highest BCUT2D eigenvalue weighted by Crippen LogP contribution is 2.21. The summed E-state index contributed by atoms with van der Waals surface area (Å²) in [5.41, 5.74) is 3.02. The first-order valence-corrected chi connectivity index (χ1v) is 10.6. The Bertz CT molecular complexity index is 976. The third kappa shape index (κ3) is 5.28. The van der Waals surface area contributed by atoms with Gasteiger partial charge in [-0.25, -0.2) is 9.59 Å². The molecule has 1 aliphatic rings. The van der Waals surface area contributed by atoms with E-state index in [0.29, 0.717) is 35.7 Å². The largest absolute Gasteiger partial charge is 0.462 e. The number of anilines is 2. The molecule has 0 aliphatic carbocycles. The fraction of sp³-hybridized carbons (Fsp3) is 0.435. The Balaban J connectivity index is 1.60. The van der Waals surface area contributed by atoms with Gasteiger partial charge < -0.3 is 29.4 Å². The molecule has 9 heteroatoms. The van der Waals surface area contributed by atoms with Gasteiger partial charge in [0.15, 0.2) is 6.10 Å². The molecule has 0 saturated carbocycles. The van der Waals surface area contributed by atoms with Gasteiger partial charge in [-0.2, -0.15) is 0 Å². The number of morpholine rings is 1. The smallest absolute Gasteiger partial charge is 0.355 e. The first-order chi connectivity index (χ1) is 15.3. The second-order valence-electron chi connectivity index (χ2n) is 7.53. The van der Waals surface area contributed by atoms with Crippen molar-refractivity contribution in [1.29, 1.82) is 0 Å². The number of hydrogen-bond donors (Lipinski definition) is 2. The van der Waals surface area contributed by atoms with E-state index in [4.69, 9.17) is 14.2 Å². The number of rotatable bonds is 7. The van der Waals surface area contributed by atoms with E-state index >= 15 is 0 Å². The van der Waals surface area contributed by atoms with Crippen LogP contribution >= 0.6 is 0 Å². The topological polar surface area (TPSA) is 110 Å². The van der Waals surface area contributed by atoms with E-state index < -0.39 is 23.9 Å². The van der Waals surface area contributed by atoms with E-state index in [0.717, 1.165) is 18.8 Å². The lowest BCUT2D eigenvalue weighted by atomic mass is 10.1. The average molecular weight is 444 g/mol. The molecule has 0 spiro atoms. The van der Waals surface area contributed by atoms with Crippen LogP contribution in [0, 0.1) is 13.8 Å². The SMILES string of the molecule is CCOC(=O)c1c(C)[nH]c(C(=O)O[C@H](C)C(=O)Nc2ccc(N3CCOCC3)cc2)c1C. The summed E-state index contributed by atoms with van der Waals surface area (Å²) in [4.78, 5) is 42.3. The lowest BCUT2D eigenvalue weighted by Crippen LogP contribution is -2.36. The van der Waals surface area contributed by atoms with E-state index in [1.54, 1.807) is 32.9 Å². The number of aryl methyl sites for hydroxylation is 1. The molecule has 0 bridgehead atoms. The highest BCUT2D eigenvalue weighted by Gasteiger charge is 2.26. The normalized spacial score (nSPS) is 14.6. The maximum Gasteiger partial charge on any atom is 0.355 e. The molecule has 1 aromatic heterocycles. The van der Waals surface area contributed by atoms with Crippen molar-refractivity contribution >= 4 is 29.2 Å². The molecule has 1 saturated heterocycles. The van der Waals surface area contributed by atoms with Gasteiger partial charge in [0.05, 0.1) is 25.4 Å². The van der Waals surface area contributed by atoms with Crippen molar-refractivity contribution in [1.82, 2.24) is 4.98 Å². The third-order valence-corrected chi connectivity index (χ3v) is 5.29. The number of H-pyrrole nitrogens is 1. The Morgan fingerprint density at radius 3 is 2.41 bits per heavy atom. The Morgan fingerprint density at radius 2 is 1.78 bits per heavy atom. The minimum absolute atomic E-state index is 0.125. The third-order valence-electron chi connectivity index (χ3n) is 5.29. The molecule has 1 fully saturated rings. The molecule has 2 aromatic rings. The highest BCUT2D eigenvalue weighted by molar-refractivity contribution is 6.00. The van der Waals surface area contributed by atoms with E-state index in [1.165, 1.54) is 6.92 Å². The van der Waals surface area contributed by atoms with Crippen LogP contribution in [0.15, 0.2) is 24.3 Å². The van der Waals surface area contributed by atoms with Gasteiger partial charge in [0, 0.05) is 30.2 Å². The molecule has 3 rings (SSSR count). The summed E-state index contributed by atoms with van der Waals surface area (Å²) in [6, 6.07) is 7.47. The summed E-state index contributed by atoms with van der Waals surface area (Å²) in [5.74, 6) is -1.68. The maximum absolute atomic E-state index is 12.6. The Morgan fingerprint density at radius 1 is 1.12 bits per heavy atom. The summed E-state index contributed by atoms with van der Waals surface area (Å²) in [7, 11) is 0. The van der Waals surface area contributed by atoms with Gasteiger partial charge in [0.1, 0.15) is 5.69 Å². The Kier molecular flexibility index (Phi) is 7.53. The number of benzene rings is 1. The molecule has 1 atom stereocenters. The van der Waals surface area contributed by atoms with Crippen LogP contribution in [0.4, 0.5) is 11.4 Å². The van der Waals surface area contributed by atoms with Gasteiger partial charge >= 0.3 is 11.9 Å². The van der Waals surface area contributed by atoms with Crippen LogP contribution in [0.25, 0.3) is 0 Å². The number of ether oxygens (including phenoxy) is 3. The van der Waals surface area contributed by atoms with Gasteiger partial charge in [-0.1, -0.05) is 0 Å². The molecule has 9 nitrogen and oxygen atoms in total. The van der Waals surface area contributed by atoms with Crippen molar-refractivity contribution in [2.45, 2.75) is 33.8 Å². The van der Waals surface area contributed by atoms with Crippen LogP contribution in [-0.4, -0.2) is 61.8 Å². The predicted molar refractivity (Wildman–Crippen MR) is 119 cm³/mol. The summed E-state index contributed by atoms with van der Waals surface area (Å²) in [6.45, 7) is 9.79. The van der Waals surface area contributed by atoms with Crippen LogP contribution in [-0.2, 0) is 19.0 Å². The molecule has 32 heavy (non-hydrogen) atoms. The summed E-state index contributed by atoms with van der Waals surface area (Å²) in [6.07, 6.45) is -1.03. The van der Waals surface area contributed by atoms with Crippen molar-refractivity contribution < 1.29 is 28.6 Å². The number of amides is 1. The number of carbonyl (C=O) groups is 3. The minimum atomic E-state index is -1.03. The van der Waals surface area contributed by atoms with Crippen LogP contribution < -0.4 is 10.2 Å². The fourth-order valence-electron chi connectivity index (χ4n) is 3.56. The second kappa shape index (κ2) is 10.3. The first kappa shape index (κ1) is 23.3. The lowest BCUT2D eigenvalue weighted by molar-refractivity contribution is -0.123. The van der Waals surface area contributed by atoms with Crippen LogP contribution in [0.5, 0.6) is 0 Å². The van der Waals surface area contributed by atoms with Gasteiger partial charge in [-0.15, -0.1) is 0 Å². The fourth-order valence-corrected chi connectivity index (χ4v) is 3.56. The van der Waals surface area contributed by atoms with Gasteiger partial charge in [0.2, 0.25) is 0 Å². The molecule has 0 radical (unpaired) electrons. The van der Waals surface area contributed by atoms with Crippen LogP contribution in [0.2, 0.25) is 0 Å². The molecule has 2 heterocycles. The number of nitrogens with one attached hydrogen (secondary N) is 2.